The van der Waals surface area contributed by atoms with E-state index in [1.54, 1.807) is 0 Å². The standard InChI is InChI=1S/C20H31N7.HI/c1-4-21-20(24-15-19-23-9-10-27(19)16-17(2)3)26-13-11-25(12-14-26)18-7-5-6-8-22-18;/h5-10,17H,4,11-16H2,1-3H3,(H,21,24);1H. The Morgan fingerprint density at radius 3 is 2.57 bits per heavy atom. The molecular weight excluding hydrogens is 465 g/mol. The van der Waals surface area contributed by atoms with Crippen molar-refractivity contribution < 1.29 is 0 Å². The van der Waals surface area contributed by atoms with Crippen LogP contribution < -0.4 is 10.2 Å². The number of nitrogens with zero attached hydrogens (tertiary/aromatic N) is 6. The first-order chi connectivity index (χ1) is 13.2. The highest BCUT2D eigenvalue weighted by Gasteiger charge is 2.20. The van der Waals surface area contributed by atoms with Gasteiger partial charge < -0.3 is 19.7 Å². The van der Waals surface area contributed by atoms with Crippen molar-refractivity contribution >= 4 is 35.8 Å². The van der Waals surface area contributed by atoms with E-state index in [1.165, 1.54) is 0 Å². The highest BCUT2D eigenvalue weighted by atomic mass is 127. The van der Waals surface area contributed by atoms with Crippen LogP contribution in [0.15, 0.2) is 41.8 Å². The van der Waals surface area contributed by atoms with Crippen LogP contribution >= 0.6 is 24.0 Å². The minimum atomic E-state index is 0. The minimum Gasteiger partial charge on any atom is -0.357 e. The molecule has 1 N–H and O–H groups in total. The van der Waals surface area contributed by atoms with Crippen molar-refractivity contribution in [2.45, 2.75) is 33.9 Å². The summed E-state index contributed by atoms with van der Waals surface area (Å²) in [6, 6.07) is 6.07. The highest BCUT2D eigenvalue weighted by Crippen LogP contribution is 2.13. The maximum absolute atomic E-state index is 4.86. The molecule has 1 saturated heterocycles. The second-order valence-electron chi connectivity index (χ2n) is 7.22. The van der Waals surface area contributed by atoms with Crippen LogP contribution in [0.1, 0.15) is 26.6 Å². The van der Waals surface area contributed by atoms with Gasteiger partial charge in [0.05, 0.1) is 0 Å². The van der Waals surface area contributed by atoms with Crippen LogP contribution in [0.5, 0.6) is 0 Å². The number of hydrogen-bond acceptors (Lipinski definition) is 4. The van der Waals surface area contributed by atoms with Gasteiger partial charge in [-0.15, -0.1) is 24.0 Å². The summed E-state index contributed by atoms with van der Waals surface area (Å²) in [5.74, 6) is 3.63. The third kappa shape index (κ3) is 6.08. The largest absolute Gasteiger partial charge is 0.357 e. The zero-order chi connectivity index (χ0) is 19.1. The van der Waals surface area contributed by atoms with Crippen LogP contribution in [0.3, 0.4) is 0 Å². The van der Waals surface area contributed by atoms with Gasteiger partial charge in [0.25, 0.3) is 0 Å². The fourth-order valence-electron chi connectivity index (χ4n) is 3.31. The highest BCUT2D eigenvalue weighted by molar-refractivity contribution is 14.0. The summed E-state index contributed by atoms with van der Waals surface area (Å²) in [6.45, 7) is 12.8. The molecule has 0 spiro atoms. The average molecular weight is 497 g/mol. The summed E-state index contributed by atoms with van der Waals surface area (Å²) in [6.07, 6.45) is 5.77. The van der Waals surface area contributed by atoms with Gasteiger partial charge in [-0.2, -0.15) is 0 Å². The van der Waals surface area contributed by atoms with Gasteiger partial charge in [0, 0.05) is 57.9 Å². The summed E-state index contributed by atoms with van der Waals surface area (Å²) < 4.78 is 2.21. The molecule has 0 aliphatic carbocycles. The van der Waals surface area contributed by atoms with Gasteiger partial charge in [-0.3, -0.25) is 0 Å². The van der Waals surface area contributed by atoms with Gasteiger partial charge in [-0.25, -0.2) is 15.0 Å². The quantitative estimate of drug-likeness (QED) is 0.378. The molecule has 0 bridgehead atoms. The minimum absolute atomic E-state index is 0. The zero-order valence-electron chi connectivity index (χ0n) is 17.1. The molecule has 2 aromatic heterocycles. The zero-order valence-corrected chi connectivity index (χ0v) is 19.4. The van der Waals surface area contributed by atoms with Crippen LogP contribution in [0.4, 0.5) is 5.82 Å². The lowest BCUT2D eigenvalue weighted by Crippen LogP contribution is -2.52. The lowest BCUT2D eigenvalue weighted by atomic mass is 10.2. The van der Waals surface area contributed by atoms with E-state index >= 15 is 0 Å². The molecule has 8 heteroatoms. The van der Waals surface area contributed by atoms with Crippen molar-refractivity contribution in [2.75, 3.05) is 37.6 Å². The number of nitrogens with one attached hydrogen (secondary N) is 1. The summed E-state index contributed by atoms with van der Waals surface area (Å²) in [4.78, 5) is 18.5. The van der Waals surface area contributed by atoms with Crippen molar-refractivity contribution in [3.05, 3.63) is 42.6 Å². The van der Waals surface area contributed by atoms with Gasteiger partial charge in [0.15, 0.2) is 5.96 Å². The molecule has 1 aliphatic heterocycles. The number of aromatic nitrogens is 3. The molecule has 1 aliphatic rings. The average Bonchev–Trinajstić information content (AvgIpc) is 3.12. The van der Waals surface area contributed by atoms with E-state index in [9.17, 15) is 0 Å². The molecule has 7 nitrogen and oxygen atoms in total. The number of hydrogen-bond donors (Lipinski definition) is 1. The molecule has 3 heterocycles. The monoisotopic (exact) mass is 497 g/mol. The number of piperazine rings is 1. The van der Waals surface area contributed by atoms with Crippen molar-refractivity contribution in [1.82, 2.24) is 24.8 Å². The predicted molar refractivity (Wildman–Crippen MR) is 125 cm³/mol. The first-order valence-corrected chi connectivity index (χ1v) is 9.86. The molecule has 0 atom stereocenters. The molecule has 28 heavy (non-hydrogen) atoms. The number of pyridine rings is 1. The first kappa shape index (κ1) is 22.4. The molecule has 1 fully saturated rings. The second kappa shape index (κ2) is 11.2. The summed E-state index contributed by atoms with van der Waals surface area (Å²) in [5.41, 5.74) is 0. The fraction of sp³-hybridized carbons (Fsp3) is 0.550. The third-order valence-corrected chi connectivity index (χ3v) is 4.62. The molecule has 0 amide bonds. The lowest BCUT2D eigenvalue weighted by molar-refractivity contribution is 0.371. The van der Waals surface area contributed by atoms with E-state index in [-0.39, 0.29) is 24.0 Å². The predicted octanol–water partition coefficient (Wildman–Crippen LogP) is 2.84. The van der Waals surface area contributed by atoms with Crippen molar-refractivity contribution in [2.24, 2.45) is 10.9 Å². The number of guanidine groups is 1. The fourth-order valence-corrected chi connectivity index (χ4v) is 3.31. The second-order valence-corrected chi connectivity index (χ2v) is 7.22. The number of anilines is 1. The van der Waals surface area contributed by atoms with E-state index in [0.717, 1.165) is 56.9 Å². The number of halogens is 1. The molecular formula is C20H32IN7. The van der Waals surface area contributed by atoms with Crippen molar-refractivity contribution in [3.63, 3.8) is 0 Å². The summed E-state index contributed by atoms with van der Waals surface area (Å²) in [7, 11) is 0. The molecule has 0 saturated carbocycles. The Bertz CT molecular complexity index is 721. The third-order valence-electron chi connectivity index (χ3n) is 4.62. The smallest absolute Gasteiger partial charge is 0.194 e. The van der Waals surface area contributed by atoms with Gasteiger partial charge in [-0.1, -0.05) is 19.9 Å². The molecule has 0 unspecified atom stereocenters. The van der Waals surface area contributed by atoms with Crippen molar-refractivity contribution in [1.29, 1.82) is 0 Å². The van der Waals surface area contributed by atoms with E-state index in [1.807, 2.05) is 30.7 Å². The number of rotatable bonds is 6. The Morgan fingerprint density at radius 1 is 1.14 bits per heavy atom. The topological polar surface area (TPSA) is 61.6 Å². The van der Waals surface area contributed by atoms with Gasteiger partial charge >= 0.3 is 0 Å². The SMILES string of the molecule is CCNC(=NCc1nccn1CC(C)C)N1CCN(c2ccccn2)CC1.I. The van der Waals surface area contributed by atoms with Gasteiger partial charge in [0.1, 0.15) is 18.2 Å². The molecule has 0 aromatic carbocycles. The summed E-state index contributed by atoms with van der Waals surface area (Å²) in [5, 5.41) is 3.43. The van der Waals surface area contributed by atoms with E-state index in [0.29, 0.717) is 12.5 Å². The summed E-state index contributed by atoms with van der Waals surface area (Å²) >= 11 is 0. The Balaban J connectivity index is 0.00000280. The normalized spacial score (nSPS) is 14.9. The van der Waals surface area contributed by atoms with E-state index in [4.69, 9.17) is 4.99 Å². The molecule has 0 radical (unpaired) electrons. The van der Waals surface area contributed by atoms with Crippen LogP contribution in [-0.4, -0.2) is 58.1 Å². The van der Waals surface area contributed by atoms with Crippen LogP contribution in [-0.2, 0) is 13.1 Å². The maximum Gasteiger partial charge on any atom is 0.194 e. The first-order valence-electron chi connectivity index (χ1n) is 9.86. The van der Waals surface area contributed by atoms with E-state index < -0.39 is 0 Å². The van der Waals surface area contributed by atoms with Crippen molar-refractivity contribution in [3.8, 4) is 0 Å². The Kier molecular flexibility index (Phi) is 9.01. The van der Waals surface area contributed by atoms with Gasteiger partial charge in [0.2, 0.25) is 0 Å². The molecule has 3 rings (SSSR count). The van der Waals surface area contributed by atoms with E-state index in [2.05, 4.69) is 56.5 Å². The van der Waals surface area contributed by atoms with Crippen LogP contribution in [0, 0.1) is 5.92 Å². The van der Waals surface area contributed by atoms with Gasteiger partial charge in [-0.05, 0) is 25.0 Å². The molecule has 154 valence electrons. The maximum atomic E-state index is 4.86. The number of imidazole rings is 1. The van der Waals surface area contributed by atoms with Crippen LogP contribution in [0.25, 0.3) is 0 Å². The Morgan fingerprint density at radius 2 is 1.93 bits per heavy atom. The Labute approximate surface area is 185 Å². The Hall–Kier alpha value is -1.84. The lowest BCUT2D eigenvalue weighted by Gasteiger charge is -2.37. The molecule has 2 aromatic rings. The van der Waals surface area contributed by atoms with Crippen LogP contribution in [0.2, 0.25) is 0 Å². The number of aliphatic imine (C=N–C) groups is 1.